The molecule has 1 N–H and O–H groups in total. The molecule has 21 heavy (non-hydrogen) atoms. The van der Waals surface area contributed by atoms with Crippen molar-refractivity contribution < 1.29 is 13.9 Å². The van der Waals surface area contributed by atoms with Crippen molar-refractivity contribution in [3.63, 3.8) is 0 Å². The van der Waals surface area contributed by atoms with Crippen molar-refractivity contribution in [3.8, 4) is 0 Å². The second-order valence-corrected chi connectivity index (χ2v) is 6.85. The van der Waals surface area contributed by atoms with Gasteiger partial charge in [-0.3, -0.25) is 10.1 Å². The van der Waals surface area contributed by atoms with Crippen LogP contribution in [0.1, 0.15) is 38.3 Å². The lowest BCUT2D eigenvalue weighted by Gasteiger charge is -2.32. The SMILES string of the molecule is CCOC(=O)C(CSc1nc(C)co1)(NC1CC1)C1CC1. The van der Waals surface area contributed by atoms with Crippen molar-refractivity contribution in [2.24, 2.45) is 5.92 Å². The minimum atomic E-state index is -0.579. The average molecular weight is 310 g/mol. The van der Waals surface area contributed by atoms with Gasteiger partial charge in [-0.25, -0.2) is 4.98 Å². The van der Waals surface area contributed by atoms with Gasteiger partial charge in [0.15, 0.2) is 0 Å². The van der Waals surface area contributed by atoms with Gasteiger partial charge in [0.05, 0.1) is 12.3 Å². The van der Waals surface area contributed by atoms with Gasteiger partial charge in [-0.15, -0.1) is 0 Å². The van der Waals surface area contributed by atoms with Crippen molar-refractivity contribution in [1.29, 1.82) is 0 Å². The molecule has 2 aliphatic carbocycles. The lowest BCUT2D eigenvalue weighted by molar-refractivity contribution is -0.151. The molecule has 3 rings (SSSR count). The number of hydrogen-bond donors (Lipinski definition) is 1. The van der Waals surface area contributed by atoms with Crippen LogP contribution in [0.25, 0.3) is 0 Å². The zero-order valence-electron chi connectivity index (χ0n) is 12.6. The van der Waals surface area contributed by atoms with Gasteiger partial charge in [0.2, 0.25) is 0 Å². The average Bonchev–Trinajstić information content (AvgIpc) is 3.35. The Kier molecular flexibility index (Phi) is 4.26. The van der Waals surface area contributed by atoms with Crippen LogP contribution in [0.5, 0.6) is 0 Å². The molecule has 1 atom stereocenters. The number of oxazole rings is 1. The summed E-state index contributed by atoms with van der Waals surface area (Å²) < 4.78 is 10.8. The maximum Gasteiger partial charge on any atom is 0.327 e. The quantitative estimate of drug-likeness (QED) is 0.588. The fourth-order valence-corrected chi connectivity index (χ4v) is 3.68. The zero-order chi connectivity index (χ0) is 14.9. The largest absolute Gasteiger partial charge is 0.465 e. The molecule has 0 bridgehead atoms. The Labute approximate surface area is 129 Å². The summed E-state index contributed by atoms with van der Waals surface area (Å²) in [5, 5.41) is 4.19. The fourth-order valence-electron chi connectivity index (χ4n) is 2.56. The Morgan fingerprint density at radius 1 is 1.52 bits per heavy atom. The standard InChI is InChI=1S/C15H22N2O3S/c1-3-19-13(18)15(11-4-5-11,17-12-6-7-12)9-21-14-16-10(2)8-20-14/h8,11-12,17H,3-7,9H2,1-2H3. The van der Waals surface area contributed by atoms with Crippen molar-refractivity contribution in [2.45, 2.75) is 56.3 Å². The van der Waals surface area contributed by atoms with Crippen LogP contribution in [-0.4, -0.2) is 34.9 Å². The van der Waals surface area contributed by atoms with Crippen LogP contribution in [0, 0.1) is 12.8 Å². The molecule has 1 unspecified atom stereocenters. The molecule has 1 aromatic heterocycles. The molecular formula is C15H22N2O3S. The lowest BCUT2D eigenvalue weighted by atomic mass is 9.95. The van der Waals surface area contributed by atoms with E-state index in [1.807, 2.05) is 13.8 Å². The molecule has 0 spiro atoms. The Balaban J connectivity index is 1.74. The first-order chi connectivity index (χ1) is 10.1. The van der Waals surface area contributed by atoms with Crippen LogP contribution < -0.4 is 5.32 Å². The number of carbonyl (C=O) groups excluding carboxylic acids is 1. The topological polar surface area (TPSA) is 64.4 Å². The molecule has 0 aliphatic heterocycles. The van der Waals surface area contributed by atoms with Gasteiger partial charge in [0.1, 0.15) is 11.8 Å². The highest BCUT2D eigenvalue weighted by atomic mass is 32.2. The third kappa shape index (κ3) is 3.43. The van der Waals surface area contributed by atoms with Gasteiger partial charge in [-0.05, 0) is 45.4 Å². The number of esters is 1. The lowest BCUT2D eigenvalue weighted by Crippen LogP contribution is -2.58. The minimum absolute atomic E-state index is 0.116. The molecule has 0 aromatic carbocycles. The number of rotatable bonds is 8. The number of nitrogens with zero attached hydrogens (tertiary/aromatic N) is 1. The van der Waals surface area contributed by atoms with Crippen molar-refractivity contribution in [3.05, 3.63) is 12.0 Å². The molecular weight excluding hydrogens is 288 g/mol. The summed E-state index contributed by atoms with van der Waals surface area (Å²) in [6, 6.07) is 0.460. The van der Waals surface area contributed by atoms with Crippen LogP contribution in [0.15, 0.2) is 15.9 Å². The Hall–Kier alpha value is -1.01. The van der Waals surface area contributed by atoms with Crippen molar-refractivity contribution >= 4 is 17.7 Å². The Bertz CT molecular complexity index is 511. The van der Waals surface area contributed by atoms with Crippen LogP contribution in [0.2, 0.25) is 0 Å². The summed E-state index contributed by atoms with van der Waals surface area (Å²) in [4.78, 5) is 16.9. The monoisotopic (exact) mass is 310 g/mol. The van der Waals surface area contributed by atoms with E-state index in [9.17, 15) is 4.79 Å². The molecule has 5 nitrogen and oxygen atoms in total. The van der Waals surface area contributed by atoms with E-state index in [4.69, 9.17) is 9.15 Å². The smallest absolute Gasteiger partial charge is 0.327 e. The van der Waals surface area contributed by atoms with E-state index in [0.29, 0.717) is 29.5 Å². The van der Waals surface area contributed by atoms with Crippen molar-refractivity contribution in [1.82, 2.24) is 10.3 Å². The van der Waals surface area contributed by atoms with Gasteiger partial charge in [-0.1, -0.05) is 11.8 Å². The van der Waals surface area contributed by atoms with E-state index < -0.39 is 5.54 Å². The molecule has 1 heterocycles. The zero-order valence-corrected chi connectivity index (χ0v) is 13.4. The predicted octanol–water partition coefficient (Wildman–Crippen LogP) is 2.54. The minimum Gasteiger partial charge on any atom is -0.465 e. The number of hydrogen-bond acceptors (Lipinski definition) is 6. The number of ether oxygens (including phenoxy) is 1. The van der Waals surface area contributed by atoms with Gasteiger partial charge in [-0.2, -0.15) is 0 Å². The molecule has 1 aromatic rings. The van der Waals surface area contributed by atoms with E-state index in [-0.39, 0.29) is 5.97 Å². The van der Waals surface area contributed by atoms with Gasteiger partial charge < -0.3 is 9.15 Å². The summed E-state index contributed by atoms with van der Waals surface area (Å²) in [7, 11) is 0. The molecule has 2 saturated carbocycles. The van der Waals surface area contributed by atoms with E-state index in [1.165, 1.54) is 11.8 Å². The summed E-state index contributed by atoms with van der Waals surface area (Å²) in [6.07, 6.45) is 6.11. The van der Waals surface area contributed by atoms with Crippen molar-refractivity contribution in [2.75, 3.05) is 12.4 Å². The molecule has 2 aliphatic rings. The molecule has 116 valence electrons. The highest BCUT2D eigenvalue weighted by molar-refractivity contribution is 7.99. The van der Waals surface area contributed by atoms with Gasteiger partial charge in [0, 0.05) is 11.8 Å². The third-order valence-corrected chi connectivity index (χ3v) is 5.01. The van der Waals surface area contributed by atoms with E-state index in [0.717, 1.165) is 31.4 Å². The van der Waals surface area contributed by atoms with Crippen LogP contribution in [0.3, 0.4) is 0 Å². The molecule has 0 radical (unpaired) electrons. The van der Waals surface area contributed by atoms with E-state index in [1.54, 1.807) is 6.26 Å². The maximum absolute atomic E-state index is 12.6. The first-order valence-electron chi connectivity index (χ1n) is 7.64. The van der Waals surface area contributed by atoms with Crippen LogP contribution in [-0.2, 0) is 9.53 Å². The molecule has 0 saturated heterocycles. The second-order valence-electron chi connectivity index (χ2n) is 5.93. The first-order valence-corrected chi connectivity index (χ1v) is 8.62. The summed E-state index contributed by atoms with van der Waals surface area (Å²) in [6.45, 7) is 4.18. The second kappa shape index (κ2) is 6.01. The molecule has 0 amide bonds. The number of nitrogens with one attached hydrogen (secondary N) is 1. The number of aromatic nitrogens is 1. The van der Waals surface area contributed by atoms with Gasteiger partial charge in [0.25, 0.3) is 5.22 Å². The third-order valence-electron chi connectivity index (χ3n) is 3.97. The Morgan fingerprint density at radius 2 is 2.29 bits per heavy atom. The number of aryl methyl sites for hydroxylation is 1. The summed E-state index contributed by atoms with van der Waals surface area (Å²) in [5.74, 6) is 0.878. The van der Waals surface area contributed by atoms with Crippen LogP contribution >= 0.6 is 11.8 Å². The molecule has 2 fully saturated rings. The number of thioether (sulfide) groups is 1. The fraction of sp³-hybridized carbons (Fsp3) is 0.733. The van der Waals surface area contributed by atoms with E-state index >= 15 is 0 Å². The highest BCUT2D eigenvalue weighted by Gasteiger charge is 2.54. The van der Waals surface area contributed by atoms with E-state index in [2.05, 4.69) is 10.3 Å². The molecule has 6 heteroatoms. The Morgan fingerprint density at radius 3 is 2.81 bits per heavy atom. The summed E-state index contributed by atoms with van der Waals surface area (Å²) >= 11 is 1.50. The first kappa shape index (κ1) is 14.9. The summed E-state index contributed by atoms with van der Waals surface area (Å²) in [5.41, 5.74) is 0.283. The van der Waals surface area contributed by atoms with Crippen LogP contribution in [0.4, 0.5) is 0 Å². The number of carbonyl (C=O) groups is 1. The normalized spacial score (nSPS) is 21.0. The predicted molar refractivity (Wildman–Crippen MR) is 80.2 cm³/mol. The highest BCUT2D eigenvalue weighted by Crippen LogP contribution is 2.44. The van der Waals surface area contributed by atoms with Gasteiger partial charge >= 0.3 is 5.97 Å². The maximum atomic E-state index is 12.6.